The Bertz CT molecular complexity index is 446. The van der Waals surface area contributed by atoms with Gasteiger partial charge in [0.1, 0.15) is 5.92 Å². The second-order valence-corrected chi connectivity index (χ2v) is 5.03. The summed E-state index contributed by atoms with van der Waals surface area (Å²) < 4.78 is 0.902. The van der Waals surface area contributed by atoms with E-state index >= 15 is 0 Å². The van der Waals surface area contributed by atoms with Crippen LogP contribution in [-0.4, -0.2) is 5.78 Å². The molecule has 1 unspecified atom stereocenters. The molecule has 2 nitrogen and oxygen atoms in total. The third-order valence-corrected chi connectivity index (χ3v) is 3.40. The number of carbonyl (C=O) groups excluding carboxylic acids is 1. The number of hydrogen-bond acceptors (Lipinski definition) is 2. The summed E-state index contributed by atoms with van der Waals surface area (Å²) in [6.07, 6.45) is 0. The monoisotopic (exact) mass is 279 g/mol. The number of ketones is 1. The third-order valence-electron chi connectivity index (χ3n) is 2.54. The Morgan fingerprint density at radius 2 is 2.06 bits per heavy atom. The molecule has 1 aromatic rings. The van der Waals surface area contributed by atoms with Crippen LogP contribution < -0.4 is 0 Å². The van der Waals surface area contributed by atoms with Crippen LogP contribution in [0, 0.1) is 30.1 Å². The first-order valence-electron chi connectivity index (χ1n) is 5.17. The molecule has 1 aromatic carbocycles. The van der Waals surface area contributed by atoms with Gasteiger partial charge in [-0.3, -0.25) is 4.79 Å². The molecule has 0 amide bonds. The second kappa shape index (κ2) is 5.27. The van der Waals surface area contributed by atoms with E-state index in [1.165, 1.54) is 0 Å². The summed E-state index contributed by atoms with van der Waals surface area (Å²) in [5.74, 6) is -0.620. The zero-order valence-corrected chi connectivity index (χ0v) is 11.2. The van der Waals surface area contributed by atoms with Crippen LogP contribution in [0.2, 0.25) is 0 Å². The summed E-state index contributed by atoms with van der Waals surface area (Å²) in [5.41, 5.74) is 1.67. The van der Waals surface area contributed by atoms with E-state index in [1.807, 2.05) is 26.8 Å². The lowest BCUT2D eigenvalue weighted by Crippen LogP contribution is -2.18. The Morgan fingerprint density at radius 3 is 2.50 bits per heavy atom. The Morgan fingerprint density at radius 1 is 1.44 bits per heavy atom. The molecule has 84 valence electrons. The highest BCUT2D eigenvalue weighted by Gasteiger charge is 2.23. The van der Waals surface area contributed by atoms with Gasteiger partial charge in [-0.1, -0.05) is 41.9 Å². The van der Waals surface area contributed by atoms with Crippen LogP contribution >= 0.6 is 15.9 Å². The summed E-state index contributed by atoms with van der Waals surface area (Å²) in [5, 5.41) is 8.97. The van der Waals surface area contributed by atoms with Gasteiger partial charge in [-0.25, -0.2) is 0 Å². The summed E-state index contributed by atoms with van der Waals surface area (Å²) in [6, 6.07) is 7.51. The molecule has 0 aliphatic rings. The molecule has 0 aliphatic carbocycles. The molecule has 0 bridgehead atoms. The lowest BCUT2D eigenvalue weighted by atomic mass is 9.89. The molecular weight excluding hydrogens is 266 g/mol. The zero-order chi connectivity index (χ0) is 12.3. The van der Waals surface area contributed by atoms with Crippen LogP contribution in [0.3, 0.4) is 0 Å². The fourth-order valence-corrected chi connectivity index (χ4v) is 1.81. The van der Waals surface area contributed by atoms with Gasteiger partial charge < -0.3 is 0 Å². The van der Waals surface area contributed by atoms with Gasteiger partial charge in [0.2, 0.25) is 0 Å². The third kappa shape index (κ3) is 2.70. The van der Waals surface area contributed by atoms with Crippen LogP contribution in [0.4, 0.5) is 0 Å². The molecule has 0 radical (unpaired) electrons. The molecule has 16 heavy (non-hydrogen) atoms. The largest absolute Gasteiger partial charge is 0.293 e. The number of nitrogens with zero attached hydrogens (tertiary/aromatic N) is 1. The number of Topliss-reactive ketones (excluding diaryl/α,β-unsaturated/α-hetero) is 1. The van der Waals surface area contributed by atoms with Gasteiger partial charge in [-0.2, -0.15) is 5.26 Å². The maximum Gasteiger partial charge on any atom is 0.180 e. The lowest BCUT2D eigenvalue weighted by Gasteiger charge is -2.12. The van der Waals surface area contributed by atoms with Gasteiger partial charge in [-0.05, 0) is 24.5 Å². The molecule has 0 saturated carbocycles. The molecule has 0 aromatic heterocycles. The van der Waals surface area contributed by atoms with Crippen molar-refractivity contribution in [2.75, 3.05) is 0 Å². The van der Waals surface area contributed by atoms with Gasteiger partial charge in [-0.15, -0.1) is 0 Å². The van der Waals surface area contributed by atoms with E-state index in [0.29, 0.717) is 5.56 Å². The molecule has 0 spiro atoms. The van der Waals surface area contributed by atoms with E-state index in [0.717, 1.165) is 10.0 Å². The summed E-state index contributed by atoms with van der Waals surface area (Å²) in [4.78, 5) is 12.0. The van der Waals surface area contributed by atoms with Crippen LogP contribution in [0.5, 0.6) is 0 Å². The van der Waals surface area contributed by atoms with Crippen LogP contribution in [-0.2, 0) is 0 Å². The first kappa shape index (κ1) is 12.9. The minimum Gasteiger partial charge on any atom is -0.293 e. The van der Waals surface area contributed by atoms with E-state index in [-0.39, 0.29) is 11.7 Å². The topological polar surface area (TPSA) is 40.9 Å². The minimum atomic E-state index is -0.561. The molecule has 3 heteroatoms. The highest BCUT2D eigenvalue weighted by molar-refractivity contribution is 9.10. The van der Waals surface area contributed by atoms with Crippen molar-refractivity contribution in [2.24, 2.45) is 11.8 Å². The minimum absolute atomic E-state index is 0.0394. The molecule has 0 aliphatic heterocycles. The van der Waals surface area contributed by atoms with Crippen molar-refractivity contribution in [2.45, 2.75) is 20.8 Å². The smallest absolute Gasteiger partial charge is 0.180 e. The average molecular weight is 280 g/mol. The van der Waals surface area contributed by atoms with Crippen molar-refractivity contribution >= 4 is 21.7 Å². The highest BCUT2D eigenvalue weighted by Crippen LogP contribution is 2.22. The van der Waals surface area contributed by atoms with E-state index in [9.17, 15) is 4.79 Å². The second-order valence-electron chi connectivity index (χ2n) is 4.18. The SMILES string of the molecule is Cc1ccc(C(=O)C(C#N)C(C)C)cc1Br. The maximum absolute atomic E-state index is 12.0. The standard InChI is InChI=1S/C13H14BrNO/c1-8(2)11(7-15)13(16)10-5-4-9(3)12(14)6-10/h4-6,8,11H,1-3H3. The predicted octanol–water partition coefficient (Wildman–Crippen LogP) is 3.74. The first-order chi connectivity index (χ1) is 7.47. The number of aryl methyl sites for hydroxylation is 1. The fraction of sp³-hybridized carbons (Fsp3) is 0.385. The van der Waals surface area contributed by atoms with E-state index in [2.05, 4.69) is 22.0 Å². The molecule has 1 rings (SSSR count). The average Bonchev–Trinajstić information content (AvgIpc) is 2.22. The van der Waals surface area contributed by atoms with Crippen molar-refractivity contribution in [1.82, 2.24) is 0 Å². The van der Waals surface area contributed by atoms with Crippen LogP contribution in [0.15, 0.2) is 22.7 Å². The van der Waals surface area contributed by atoms with Crippen molar-refractivity contribution in [3.63, 3.8) is 0 Å². The maximum atomic E-state index is 12.0. The van der Waals surface area contributed by atoms with Crippen molar-refractivity contribution in [3.05, 3.63) is 33.8 Å². The quantitative estimate of drug-likeness (QED) is 0.791. The van der Waals surface area contributed by atoms with Gasteiger partial charge in [0, 0.05) is 10.0 Å². The molecular formula is C13H14BrNO. The first-order valence-corrected chi connectivity index (χ1v) is 5.96. The molecule has 0 fully saturated rings. The number of hydrogen-bond donors (Lipinski definition) is 0. The summed E-state index contributed by atoms with van der Waals surface area (Å²) >= 11 is 3.39. The number of carbonyl (C=O) groups is 1. The number of halogens is 1. The molecule has 0 heterocycles. The Hall–Kier alpha value is -1.14. The van der Waals surface area contributed by atoms with E-state index in [4.69, 9.17) is 5.26 Å². The molecule has 1 atom stereocenters. The van der Waals surface area contributed by atoms with E-state index < -0.39 is 5.92 Å². The Balaban J connectivity index is 3.06. The van der Waals surface area contributed by atoms with Crippen molar-refractivity contribution in [3.8, 4) is 6.07 Å². The fourth-order valence-electron chi connectivity index (χ4n) is 1.44. The summed E-state index contributed by atoms with van der Waals surface area (Å²) in [6.45, 7) is 5.73. The predicted molar refractivity (Wildman–Crippen MR) is 67.2 cm³/mol. The van der Waals surface area contributed by atoms with Gasteiger partial charge in [0.25, 0.3) is 0 Å². The summed E-state index contributed by atoms with van der Waals surface area (Å²) in [7, 11) is 0. The highest BCUT2D eigenvalue weighted by atomic mass is 79.9. The Labute approximate surface area is 104 Å². The van der Waals surface area contributed by atoms with Crippen LogP contribution in [0.25, 0.3) is 0 Å². The Kier molecular flexibility index (Phi) is 4.26. The van der Waals surface area contributed by atoms with Crippen LogP contribution in [0.1, 0.15) is 29.8 Å². The number of nitriles is 1. The zero-order valence-electron chi connectivity index (χ0n) is 9.62. The van der Waals surface area contributed by atoms with Gasteiger partial charge in [0.05, 0.1) is 6.07 Å². The lowest BCUT2D eigenvalue weighted by molar-refractivity contribution is 0.0924. The van der Waals surface area contributed by atoms with Crippen molar-refractivity contribution < 1.29 is 4.79 Å². The molecule has 0 saturated heterocycles. The van der Waals surface area contributed by atoms with Gasteiger partial charge >= 0.3 is 0 Å². The normalized spacial score (nSPS) is 12.2. The number of rotatable bonds is 3. The van der Waals surface area contributed by atoms with Gasteiger partial charge in [0.15, 0.2) is 5.78 Å². The molecule has 0 N–H and O–H groups in total. The number of benzene rings is 1. The van der Waals surface area contributed by atoms with E-state index in [1.54, 1.807) is 12.1 Å². The van der Waals surface area contributed by atoms with Crippen molar-refractivity contribution in [1.29, 1.82) is 5.26 Å².